The van der Waals surface area contributed by atoms with Gasteiger partial charge in [-0.05, 0) is 25.1 Å². The number of amides is 2. The van der Waals surface area contributed by atoms with Gasteiger partial charge in [0, 0.05) is 30.4 Å². The Bertz CT molecular complexity index is 856. The first-order valence-electron chi connectivity index (χ1n) is 9.08. The molecule has 1 aliphatic heterocycles. The standard InChI is InChI=1S/C19H22ClF3N4O3/c1-10(2)16(28)27-15-6-12(4-5-24-15)17(29)25-8-11(3)30-18-14(20)7-13(9-26-18)19(21,22)23/h4-7,9-11,18,26H,8H2,1-3H3,(H,25,29)(H,24,27,28)/t11-,18?/m1/s1. The molecule has 0 bridgehead atoms. The molecule has 2 amide bonds. The fourth-order valence-corrected chi connectivity index (χ4v) is 2.54. The van der Waals surface area contributed by atoms with Gasteiger partial charge < -0.3 is 20.7 Å². The Morgan fingerprint density at radius 2 is 2.03 bits per heavy atom. The van der Waals surface area contributed by atoms with Gasteiger partial charge in [0.05, 0.1) is 16.7 Å². The summed E-state index contributed by atoms with van der Waals surface area (Å²) < 4.78 is 43.6. The second kappa shape index (κ2) is 9.94. The molecule has 164 valence electrons. The lowest BCUT2D eigenvalue weighted by Crippen LogP contribution is -2.39. The number of alkyl halides is 3. The molecule has 30 heavy (non-hydrogen) atoms. The number of allylic oxidation sites excluding steroid dienone is 2. The average molecular weight is 447 g/mol. The van der Waals surface area contributed by atoms with Crippen LogP contribution in [-0.2, 0) is 9.53 Å². The topological polar surface area (TPSA) is 92.4 Å². The van der Waals surface area contributed by atoms with E-state index in [0.717, 1.165) is 12.3 Å². The predicted octanol–water partition coefficient (Wildman–Crippen LogP) is 3.31. The molecule has 1 unspecified atom stereocenters. The minimum atomic E-state index is -4.52. The smallest absolute Gasteiger partial charge is 0.361 e. The van der Waals surface area contributed by atoms with Gasteiger partial charge in [0.1, 0.15) is 5.82 Å². The third-order valence-electron chi connectivity index (χ3n) is 3.98. The number of nitrogens with one attached hydrogen (secondary N) is 3. The first-order valence-corrected chi connectivity index (χ1v) is 9.46. The van der Waals surface area contributed by atoms with Crippen molar-refractivity contribution < 1.29 is 27.5 Å². The van der Waals surface area contributed by atoms with Crippen LogP contribution in [0, 0.1) is 5.92 Å². The molecule has 2 rings (SSSR count). The Morgan fingerprint density at radius 3 is 2.63 bits per heavy atom. The zero-order valence-corrected chi connectivity index (χ0v) is 17.3. The monoisotopic (exact) mass is 446 g/mol. The first kappa shape index (κ1) is 23.7. The first-order chi connectivity index (χ1) is 14.0. The molecule has 2 atom stereocenters. The fraction of sp³-hybridized carbons (Fsp3) is 0.421. The van der Waals surface area contributed by atoms with Gasteiger partial charge in [-0.15, -0.1) is 0 Å². The lowest BCUT2D eigenvalue weighted by atomic mass is 10.2. The van der Waals surface area contributed by atoms with Gasteiger partial charge in [0.25, 0.3) is 5.91 Å². The minimum absolute atomic E-state index is 0.0764. The second-order valence-corrected chi connectivity index (χ2v) is 7.34. The quantitative estimate of drug-likeness (QED) is 0.597. The minimum Gasteiger partial charge on any atom is -0.361 e. The van der Waals surface area contributed by atoms with Crippen LogP contribution in [0.5, 0.6) is 0 Å². The van der Waals surface area contributed by atoms with E-state index in [1.165, 1.54) is 18.3 Å². The SMILES string of the molecule is CC(C)C(=O)Nc1cc(C(=O)NC[C@@H](C)OC2NC=C(C(F)(F)F)C=C2Cl)ccn1. The highest BCUT2D eigenvalue weighted by Crippen LogP contribution is 2.30. The van der Waals surface area contributed by atoms with Gasteiger partial charge in [-0.1, -0.05) is 25.4 Å². The van der Waals surface area contributed by atoms with Gasteiger partial charge in [-0.3, -0.25) is 9.59 Å². The normalized spacial score (nSPS) is 17.5. The van der Waals surface area contributed by atoms with Crippen molar-refractivity contribution in [3.63, 3.8) is 0 Å². The van der Waals surface area contributed by atoms with Crippen LogP contribution in [0.2, 0.25) is 0 Å². The summed E-state index contributed by atoms with van der Waals surface area (Å²) >= 11 is 5.87. The number of rotatable bonds is 7. The van der Waals surface area contributed by atoms with Crippen LogP contribution in [0.4, 0.5) is 19.0 Å². The highest BCUT2D eigenvalue weighted by Gasteiger charge is 2.35. The van der Waals surface area contributed by atoms with Gasteiger partial charge in [0.2, 0.25) is 5.91 Å². The van der Waals surface area contributed by atoms with Crippen molar-refractivity contribution in [2.24, 2.45) is 5.92 Å². The number of hydrogen-bond donors (Lipinski definition) is 3. The summed E-state index contributed by atoms with van der Waals surface area (Å²) in [5.74, 6) is -0.639. The Kier molecular flexibility index (Phi) is 7.85. The number of carbonyl (C=O) groups excluding carboxylic acids is 2. The highest BCUT2D eigenvalue weighted by atomic mass is 35.5. The average Bonchev–Trinajstić information content (AvgIpc) is 2.67. The third kappa shape index (κ3) is 6.74. The van der Waals surface area contributed by atoms with E-state index in [9.17, 15) is 22.8 Å². The lowest BCUT2D eigenvalue weighted by molar-refractivity contribution is -0.118. The summed E-state index contributed by atoms with van der Waals surface area (Å²) in [5.41, 5.74) is -0.630. The Morgan fingerprint density at radius 1 is 1.33 bits per heavy atom. The molecule has 1 aromatic heterocycles. The summed E-state index contributed by atoms with van der Waals surface area (Å²) in [7, 11) is 0. The molecular formula is C19H22ClF3N4O3. The third-order valence-corrected chi connectivity index (χ3v) is 4.28. The number of aromatic nitrogens is 1. The van der Waals surface area contributed by atoms with Crippen molar-refractivity contribution in [1.29, 1.82) is 0 Å². The largest absolute Gasteiger partial charge is 0.417 e. The molecule has 11 heteroatoms. The van der Waals surface area contributed by atoms with Gasteiger partial charge >= 0.3 is 6.18 Å². The van der Waals surface area contributed by atoms with Crippen molar-refractivity contribution in [1.82, 2.24) is 15.6 Å². The fourth-order valence-electron chi connectivity index (χ4n) is 2.31. The Hall–Kier alpha value is -2.59. The number of anilines is 1. The van der Waals surface area contributed by atoms with E-state index in [1.54, 1.807) is 20.8 Å². The number of ether oxygens (including phenoxy) is 1. The number of pyridine rings is 1. The molecule has 3 N–H and O–H groups in total. The molecule has 0 aliphatic carbocycles. The number of halogens is 4. The van der Waals surface area contributed by atoms with E-state index in [0.29, 0.717) is 0 Å². The van der Waals surface area contributed by atoms with Crippen molar-refractivity contribution >= 4 is 29.2 Å². The second-order valence-electron chi connectivity index (χ2n) is 6.90. The molecule has 7 nitrogen and oxygen atoms in total. The van der Waals surface area contributed by atoms with Gasteiger partial charge in [0.15, 0.2) is 6.23 Å². The number of dihydropyridines is 1. The van der Waals surface area contributed by atoms with Crippen LogP contribution in [0.25, 0.3) is 0 Å². The summed E-state index contributed by atoms with van der Waals surface area (Å²) in [6.07, 6.45) is -3.06. The maximum Gasteiger partial charge on any atom is 0.417 e. The number of hydrogen-bond acceptors (Lipinski definition) is 5. The molecule has 0 saturated carbocycles. The zero-order chi connectivity index (χ0) is 22.5. The van der Waals surface area contributed by atoms with Crippen LogP contribution in [0.1, 0.15) is 31.1 Å². The number of carbonyl (C=O) groups is 2. The molecule has 2 heterocycles. The molecule has 0 spiro atoms. The van der Waals surface area contributed by atoms with E-state index < -0.39 is 30.0 Å². The van der Waals surface area contributed by atoms with E-state index >= 15 is 0 Å². The van der Waals surface area contributed by atoms with Gasteiger partial charge in [-0.25, -0.2) is 4.98 Å². The molecule has 0 fully saturated rings. The van der Waals surface area contributed by atoms with E-state index in [-0.39, 0.29) is 34.8 Å². The van der Waals surface area contributed by atoms with Crippen molar-refractivity contribution in [3.05, 3.63) is 46.8 Å². The van der Waals surface area contributed by atoms with E-state index in [4.69, 9.17) is 16.3 Å². The maximum absolute atomic E-state index is 12.7. The predicted molar refractivity (Wildman–Crippen MR) is 106 cm³/mol. The molecule has 1 aliphatic rings. The van der Waals surface area contributed by atoms with Crippen LogP contribution >= 0.6 is 11.6 Å². The lowest BCUT2D eigenvalue weighted by Gasteiger charge is -2.26. The Balaban J connectivity index is 1.87. The highest BCUT2D eigenvalue weighted by molar-refractivity contribution is 6.30. The summed E-state index contributed by atoms with van der Waals surface area (Å²) in [4.78, 5) is 28.1. The Labute approximate surface area is 176 Å². The van der Waals surface area contributed by atoms with Crippen LogP contribution < -0.4 is 16.0 Å². The van der Waals surface area contributed by atoms with Crippen molar-refractivity contribution in [2.75, 3.05) is 11.9 Å². The van der Waals surface area contributed by atoms with E-state index in [2.05, 4.69) is 20.9 Å². The summed E-state index contributed by atoms with van der Waals surface area (Å²) in [5, 5.41) is 7.55. The van der Waals surface area contributed by atoms with Crippen LogP contribution in [-0.4, -0.2) is 41.9 Å². The molecular weight excluding hydrogens is 425 g/mol. The van der Waals surface area contributed by atoms with E-state index in [1.807, 2.05) is 0 Å². The molecule has 0 radical (unpaired) electrons. The zero-order valence-electron chi connectivity index (χ0n) is 16.5. The van der Waals surface area contributed by atoms with Crippen LogP contribution in [0.3, 0.4) is 0 Å². The number of nitrogens with zero attached hydrogens (tertiary/aromatic N) is 1. The molecule has 0 saturated heterocycles. The summed E-state index contributed by atoms with van der Waals surface area (Å²) in [6, 6.07) is 2.92. The maximum atomic E-state index is 12.7. The van der Waals surface area contributed by atoms with Crippen molar-refractivity contribution in [3.8, 4) is 0 Å². The molecule has 1 aromatic rings. The summed E-state index contributed by atoms with van der Waals surface area (Å²) in [6.45, 7) is 5.17. The molecule has 0 aromatic carbocycles. The van der Waals surface area contributed by atoms with Crippen molar-refractivity contribution in [2.45, 2.75) is 39.3 Å². The van der Waals surface area contributed by atoms with Crippen LogP contribution in [0.15, 0.2) is 41.2 Å². The van der Waals surface area contributed by atoms with Gasteiger partial charge in [-0.2, -0.15) is 13.2 Å².